The lowest BCUT2D eigenvalue weighted by Gasteiger charge is -2.27. The number of carbonyl (C=O) groups is 1. The summed E-state index contributed by atoms with van der Waals surface area (Å²) >= 11 is 0. The van der Waals surface area contributed by atoms with Crippen molar-refractivity contribution in [3.63, 3.8) is 0 Å². The standard InChI is InChI=1S/C28H29NO5/c1-32-24-10-11-25(27(31)18-24)26(30)12-8-21-7-9-23(19-29-13-15-33-16-14-29)28(17-21)34-20-22-5-3-2-4-6-22/h2-12,17-18,31H,13-16,19-20H2,1H3/b12-8+. The Morgan fingerprint density at radius 3 is 2.59 bits per heavy atom. The van der Waals surface area contributed by atoms with Gasteiger partial charge in [-0.1, -0.05) is 48.5 Å². The van der Waals surface area contributed by atoms with Gasteiger partial charge in [-0.05, 0) is 35.4 Å². The Bertz CT molecular complexity index is 1140. The van der Waals surface area contributed by atoms with Crippen LogP contribution in [0.2, 0.25) is 0 Å². The van der Waals surface area contributed by atoms with Crippen LogP contribution in [0.25, 0.3) is 6.08 Å². The summed E-state index contributed by atoms with van der Waals surface area (Å²) in [5.41, 5.74) is 3.25. The maximum atomic E-state index is 12.6. The van der Waals surface area contributed by atoms with E-state index in [0.29, 0.717) is 12.4 Å². The lowest BCUT2D eigenvalue weighted by Crippen LogP contribution is -2.35. The number of hydrogen-bond acceptors (Lipinski definition) is 6. The van der Waals surface area contributed by atoms with Gasteiger partial charge in [-0.2, -0.15) is 0 Å². The van der Waals surface area contributed by atoms with Crippen molar-refractivity contribution >= 4 is 11.9 Å². The number of morpholine rings is 1. The monoisotopic (exact) mass is 459 g/mol. The molecular formula is C28H29NO5. The second kappa shape index (κ2) is 11.5. The number of aromatic hydroxyl groups is 1. The van der Waals surface area contributed by atoms with Crippen LogP contribution in [0.1, 0.15) is 27.0 Å². The average molecular weight is 460 g/mol. The van der Waals surface area contributed by atoms with E-state index in [9.17, 15) is 9.90 Å². The summed E-state index contributed by atoms with van der Waals surface area (Å²) in [4.78, 5) is 15.0. The van der Waals surface area contributed by atoms with Crippen molar-refractivity contribution in [1.29, 1.82) is 0 Å². The largest absolute Gasteiger partial charge is 0.507 e. The normalized spacial score (nSPS) is 14.3. The van der Waals surface area contributed by atoms with E-state index in [2.05, 4.69) is 4.90 Å². The topological polar surface area (TPSA) is 68.2 Å². The van der Waals surface area contributed by atoms with Crippen LogP contribution in [0.3, 0.4) is 0 Å². The highest BCUT2D eigenvalue weighted by atomic mass is 16.5. The van der Waals surface area contributed by atoms with Gasteiger partial charge in [0.1, 0.15) is 23.9 Å². The van der Waals surface area contributed by atoms with Crippen LogP contribution in [0.15, 0.2) is 72.8 Å². The summed E-state index contributed by atoms with van der Waals surface area (Å²) in [5.74, 6) is 0.886. The summed E-state index contributed by atoms with van der Waals surface area (Å²) in [6.07, 6.45) is 3.19. The first-order valence-electron chi connectivity index (χ1n) is 11.3. The van der Waals surface area contributed by atoms with Gasteiger partial charge >= 0.3 is 0 Å². The molecule has 0 unspecified atom stereocenters. The molecule has 0 spiro atoms. The Hall–Kier alpha value is -3.61. The van der Waals surface area contributed by atoms with Crippen LogP contribution < -0.4 is 9.47 Å². The first-order valence-corrected chi connectivity index (χ1v) is 11.3. The molecule has 1 saturated heterocycles. The molecule has 176 valence electrons. The lowest BCUT2D eigenvalue weighted by molar-refractivity contribution is 0.0337. The molecule has 0 atom stereocenters. The molecule has 0 saturated carbocycles. The van der Waals surface area contributed by atoms with Crippen LogP contribution in [0, 0.1) is 0 Å². The Morgan fingerprint density at radius 1 is 1.06 bits per heavy atom. The Labute approximate surface area is 200 Å². The Morgan fingerprint density at radius 2 is 1.85 bits per heavy atom. The molecule has 3 aromatic rings. The molecule has 3 aromatic carbocycles. The highest BCUT2D eigenvalue weighted by Gasteiger charge is 2.14. The van der Waals surface area contributed by atoms with Gasteiger partial charge in [0.05, 0.1) is 25.9 Å². The number of phenols is 1. The molecule has 1 aliphatic heterocycles. The predicted molar refractivity (Wildman–Crippen MR) is 131 cm³/mol. The number of ether oxygens (including phenoxy) is 3. The van der Waals surface area contributed by atoms with E-state index in [-0.39, 0.29) is 17.1 Å². The maximum Gasteiger partial charge on any atom is 0.189 e. The van der Waals surface area contributed by atoms with Crippen molar-refractivity contribution in [3.05, 3.63) is 95.1 Å². The van der Waals surface area contributed by atoms with Crippen LogP contribution in [0.4, 0.5) is 0 Å². The van der Waals surface area contributed by atoms with Crippen molar-refractivity contribution in [2.75, 3.05) is 33.4 Å². The number of nitrogens with zero attached hydrogens (tertiary/aromatic N) is 1. The van der Waals surface area contributed by atoms with E-state index in [4.69, 9.17) is 14.2 Å². The highest BCUT2D eigenvalue weighted by Crippen LogP contribution is 2.26. The van der Waals surface area contributed by atoms with Gasteiger partial charge < -0.3 is 19.3 Å². The fraction of sp³-hybridized carbons (Fsp3) is 0.250. The summed E-state index contributed by atoms with van der Waals surface area (Å²) < 4.78 is 16.8. The van der Waals surface area contributed by atoms with Crippen LogP contribution >= 0.6 is 0 Å². The lowest BCUT2D eigenvalue weighted by atomic mass is 10.1. The van der Waals surface area contributed by atoms with Gasteiger partial charge in [0, 0.05) is 31.3 Å². The fourth-order valence-electron chi connectivity index (χ4n) is 3.78. The Kier molecular flexibility index (Phi) is 7.96. The first-order chi connectivity index (χ1) is 16.6. The highest BCUT2D eigenvalue weighted by molar-refractivity contribution is 6.08. The summed E-state index contributed by atoms with van der Waals surface area (Å²) in [5, 5.41) is 10.1. The summed E-state index contributed by atoms with van der Waals surface area (Å²) in [7, 11) is 1.51. The molecule has 4 rings (SSSR count). The van der Waals surface area contributed by atoms with Crippen LogP contribution in [-0.2, 0) is 17.9 Å². The maximum absolute atomic E-state index is 12.6. The van der Waals surface area contributed by atoms with E-state index in [1.807, 2.05) is 48.5 Å². The predicted octanol–water partition coefficient (Wildman–Crippen LogP) is 4.71. The number of ketones is 1. The fourth-order valence-corrected chi connectivity index (χ4v) is 3.78. The molecule has 6 nitrogen and oxygen atoms in total. The van der Waals surface area contributed by atoms with E-state index in [0.717, 1.165) is 55.3 Å². The third kappa shape index (κ3) is 6.25. The van der Waals surface area contributed by atoms with E-state index in [1.165, 1.54) is 19.3 Å². The smallest absolute Gasteiger partial charge is 0.189 e. The molecular weight excluding hydrogens is 430 g/mol. The molecule has 0 amide bonds. The minimum absolute atomic E-state index is 0.109. The van der Waals surface area contributed by atoms with Crippen LogP contribution in [-0.4, -0.2) is 49.2 Å². The Balaban J connectivity index is 1.52. The van der Waals surface area contributed by atoms with E-state index < -0.39 is 0 Å². The molecule has 0 aliphatic carbocycles. The van der Waals surface area contributed by atoms with Gasteiger partial charge in [0.25, 0.3) is 0 Å². The second-order valence-electron chi connectivity index (χ2n) is 8.11. The van der Waals surface area contributed by atoms with E-state index >= 15 is 0 Å². The number of methoxy groups -OCH3 is 1. The number of rotatable bonds is 9. The van der Waals surface area contributed by atoms with Gasteiger partial charge in [-0.3, -0.25) is 9.69 Å². The summed E-state index contributed by atoms with van der Waals surface area (Å²) in [6.45, 7) is 4.49. The zero-order chi connectivity index (χ0) is 23.8. The zero-order valence-electron chi connectivity index (χ0n) is 19.3. The molecule has 0 radical (unpaired) electrons. The molecule has 0 aromatic heterocycles. The van der Waals surface area contributed by atoms with Crippen molar-refractivity contribution < 1.29 is 24.1 Å². The number of carbonyl (C=O) groups excluding carboxylic acids is 1. The van der Waals surface area contributed by atoms with Gasteiger partial charge in [0.15, 0.2) is 5.78 Å². The zero-order valence-corrected chi connectivity index (χ0v) is 19.3. The number of benzene rings is 3. The average Bonchev–Trinajstić information content (AvgIpc) is 2.88. The third-order valence-corrected chi connectivity index (χ3v) is 5.72. The number of phenolic OH excluding ortho intramolecular Hbond substituents is 1. The van der Waals surface area contributed by atoms with Crippen molar-refractivity contribution in [2.45, 2.75) is 13.2 Å². The number of hydrogen-bond donors (Lipinski definition) is 1. The van der Waals surface area contributed by atoms with Gasteiger partial charge in [-0.15, -0.1) is 0 Å². The minimum Gasteiger partial charge on any atom is -0.507 e. The summed E-state index contributed by atoms with van der Waals surface area (Å²) in [6, 6.07) is 20.6. The molecule has 1 heterocycles. The molecule has 6 heteroatoms. The van der Waals surface area contributed by atoms with Crippen molar-refractivity contribution in [1.82, 2.24) is 4.90 Å². The second-order valence-corrected chi connectivity index (χ2v) is 8.11. The minimum atomic E-state index is -0.288. The van der Waals surface area contributed by atoms with Gasteiger partial charge in [-0.25, -0.2) is 0 Å². The third-order valence-electron chi connectivity index (χ3n) is 5.72. The molecule has 1 N–H and O–H groups in total. The molecule has 1 fully saturated rings. The molecule has 0 bridgehead atoms. The molecule has 1 aliphatic rings. The first kappa shape index (κ1) is 23.5. The van der Waals surface area contributed by atoms with Crippen molar-refractivity contribution in [2.24, 2.45) is 0 Å². The SMILES string of the molecule is COc1ccc(C(=O)/C=C/c2ccc(CN3CCOCC3)c(OCc3ccccc3)c2)c(O)c1. The molecule has 34 heavy (non-hydrogen) atoms. The van der Waals surface area contributed by atoms with Crippen molar-refractivity contribution in [3.8, 4) is 17.2 Å². The van der Waals surface area contributed by atoms with Gasteiger partial charge in [0.2, 0.25) is 0 Å². The number of allylic oxidation sites excluding steroid dienone is 1. The quantitative estimate of drug-likeness (QED) is 0.369. The van der Waals surface area contributed by atoms with Crippen LogP contribution in [0.5, 0.6) is 17.2 Å². The van der Waals surface area contributed by atoms with E-state index in [1.54, 1.807) is 18.2 Å².